The molecule has 0 atom stereocenters. The van der Waals surface area contributed by atoms with Crippen LogP contribution in [0.3, 0.4) is 0 Å². The van der Waals surface area contributed by atoms with Crippen molar-refractivity contribution >= 4 is 16.7 Å². The second-order valence-corrected chi connectivity index (χ2v) is 5.02. The first-order valence-electron chi connectivity index (χ1n) is 6.56. The van der Waals surface area contributed by atoms with Crippen LogP contribution in [0.2, 0.25) is 0 Å². The van der Waals surface area contributed by atoms with Crippen LogP contribution >= 0.6 is 0 Å². The zero-order valence-corrected chi connectivity index (χ0v) is 11.9. The fourth-order valence-corrected chi connectivity index (χ4v) is 2.28. The molecule has 0 fully saturated rings. The van der Waals surface area contributed by atoms with Crippen molar-refractivity contribution in [3.63, 3.8) is 0 Å². The quantitative estimate of drug-likeness (QED) is 0.748. The molecule has 0 aliphatic rings. The van der Waals surface area contributed by atoms with Gasteiger partial charge in [-0.05, 0) is 17.7 Å². The standard InChI is InChI=1S/C15H11F3N4O/c1-22-7-21-12-10(6-20-13(19)11(12)14(22)23)8-2-4-9(5-3-8)15(16,17)18/h2-7H,1H3,(H2,19,20). The Morgan fingerprint density at radius 3 is 2.39 bits per heavy atom. The molecule has 5 nitrogen and oxygen atoms in total. The topological polar surface area (TPSA) is 73.8 Å². The van der Waals surface area contributed by atoms with E-state index in [1.807, 2.05) is 0 Å². The summed E-state index contributed by atoms with van der Waals surface area (Å²) < 4.78 is 39.2. The van der Waals surface area contributed by atoms with Crippen molar-refractivity contribution in [3.8, 4) is 11.1 Å². The number of anilines is 1. The maximum Gasteiger partial charge on any atom is 0.416 e. The van der Waals surface area contributed by atoms with Crippen LogP contribution < -0.4 is 11.3 Å². The van der Waals surface area contributed by atoms with E-state index in [1.165, 1.54) is 36.3 Å². The summed E-state index contributed by atoms with van der Waals surface area (Å²) in [6, 6.07) is 4.57. The van der Waals surface area contributed by atoms with Crippen LogP contribution in [0.15, 0.2) is 41.6 Å². The Balaban J connectivity index is 2.23. The number of aromatic nitrogens is 3. The van der Waals surface area contributed by atoms with Gasteiger partial charge in [-0.3, -0.25) is 4.79 Å². The molecule has 0 unspecified atom stereocenters. The van der Waals surface area contributed by atoms with Crippen molar-refractivity contribution in [2.45, 2.75) is 6.18 Å². The minimum atomic E-state index is -4.41. The predicted molar refractivity (Wildman–Crippen MR) is 79.6 cm³/mol. The lowest BCUT2D eigenvalue weighted by atomic mass is 10.0. The van der Waals surface area contributed by atoms with E-state index in [-0.39, 0.29) is 16.8 Å². The Morgan fingerprint density at radius 2 is 1.78 bits per heavy atom. The van der Waals surface area contributed by atoms with Crippen molar-refractivity contribution in [1.29, 1.82) is 0 Å². The van der Waals surface area contributed by atoms with Crippen molar-refractivity contribution < 1.29 is 13.2 Å². The van der Waals surface area contributed by atoms with Gasteiger partial charge < -0.3 is 10.3 Å². The molecule has 3 aromatic rings. The Labute approximate surface area is 128 Å². The van der Waals surface area contributed by atoms with Gasteiger partial charge >= 0.3 is 6.18 Å². The Kier molecular flexibility index (Phi) is 3.32. The lowest BCUT2D eigenvalue weighted by Gasteiger charge is -2.10. The number of nitrogens with zero attached hydrogens (tertiary/aromatic N) is 3. The van der Waals surface area contributed by atoms with Gasteiger partial charge in [-0.2, -0.15) is 13.2 Å². The monoisotopic (exact) mass is 320 g/mol. The molecule has 0 saturated heterocycles. The van der Waals surface area contributed by atoms with Crippen LogP contribution in [0.4, 0.5) is 19.0 Å². The fourth-order valence-electron chi connectivity index (χ4n) is 2.28. The molecule has 2 aromatic heterocycles. The molecule has 0 amide bonds. The molecule has 2 N–H and O–H groups in total. The van der Waals surface area contributed by atoms with E-state index in [0.717, 1.165) is 12.1 Å². The minimum absolute atomic E-state index is 0.0318. The van der Waals surface area contributed by atoms with Gasteiger partial charge in [0.2, 0.25) is 0 Å². The summed E-state index contributed by atoms with van der Waals surface area (Å²) >= 11 is 0. The van der Waals surface area contributed by atoms with Gasteiger partial charge in [0, 0.05) is 18.8 Å². The molecular formula is C15H11F3N4O. The summed E-state index contributed by atoms with van der Waals surface area (Å²) in [4.78, 5) is 20.3. The number of nitrogen functional groups attached to an aromatic ring is 1. The third-order valence-corrected chi connectivity index (χ3v) is 3.50. The number of alkyl halides is 3. The summed E-state index contributed by atoms with van der Waals surface area (Å²) in [5.41, 5.74) is 5.84. The first-order valence-corrected chi connectivity index (χ1v) is 6.56. The van der Waals surface area contributed by atoms with E-state index in [4.69, 9.17) is 5.73 Å². The van der Waals surface area contributed by atoms with Crippen LogP contribution in [0.5, 0.6) is 0 Å². The van der Waals surface area contributed by atoms with Crippen molar-refractivity contribution in [3.05, 3.63) is 52.7 Å². The van der Waals surface area contributed by atoms with Crippen LogP contribution in [0.25, 0.3) is 22.0 Å². The lowest BCUT2D eigenvalue weighted by molar-refractivity contribution is -0.137. The molecule has 0 radical (unpaired) electrons. The van der Waals surface area contributed by atoms with E-state index >= 15 is 0 Å². The minimum Gasteiger partial charge on any atom is -0.383 e. The van der Waals surface area contributed by atoms with Gasteiger partial charge in [0.15, 0.2) is 0 Å². The number of nitrogens with two attached hydrogens (primary N) is 1. The van der Waals surface area contributed by atoms with Gasteiger partial charge in [-0.25, -0.2) is 9.97 Å². The molecule has 1 aromatic carbocycles. The number of rotatable bonds is 1. The van der Waals surface area contributed by atoms with Crippen molar-refractivity contribution in [2.24, 2.45) is 7.05 Å². The number of hydrogen-bond acceptors (Lipinski definition) is 4. The number of hydrogen-bond donors (Lipinski definition) is 1. The van der Waals surface area contributed by atoms with Crippen LogP contribution in [-0.4, -0.2) is 14.5 Å². The fraction of sp³-hybridized carbons (Fsp3) is 0.133. The molecule has 0 bridgehead atoms. The highest BCUT2D eigenvalue weighted by Gasteiger charge is 2.30. The normalized spacial score (nSPS) is 11.8. The largest absolute Gasteiger partial charge is 0.416 e. The molecule has 2 heterocycles. The lowest BCUT2D eigenvalue weighted by Crippen LogP contribution is -2.19. The highest BCUT2D eigenvalue weighted by molar-refractivity contribution is 5.97. The number of benzene rings is 1. The molecule has 0 saturated carbocycles. The molecule has 0 spiro atoms. The molecular weight excluding hydrogens is 309 g/mol. The summed E-state index contributed by atoms with van der Waals surface area (Å²) in [5, 5.41) is 0.146. The molecule has 0 aliphatic carbocycles. The molecule has 118 valence electrons. The van der Waals surface area contributed by atoms with E-state index < -0.39 is 11.7 Å². The molecule has 0 aliphatic heterocycles. The SMILES string of the molecule is Cn1cnc2c(-c3ccc(C(F)(F)F)cc3)cnc(N)c2c1=O. The Bertz CT molecular complexity index is 946. The third kappa shape index (κ3) is 2.52. The third-order valence-electron chi connectivity index (χ3n) is 3.50. The van der Waals surface area contributed by atoms with Gasteiger partial charge in [0.05, 0.1) is 17.4 Å². The maximum atomic E-state index is 12.6. The predicted octanol–water partition coefficient (Wildman–Crippen LogP) is 2.60. The number of aryl methyl sites for hydroxylation is 1. The van der Waals surface area contributed by atoms with Crippen LogP contribution in [0.1, 0.15) is 5.56 Å². The van der Waals surface area contributed by atoms with Crippen LogP contribution in [0, 0.1) is 0 Å². The van der Waals surface area contributed by atoms with Crippen molar-refractivity contribution in [1.82, 2.24) is 14.5 Å². The average Bonchev–Trinajstić information content (AvgIpc) is 2.50. The zero-order chi connectivity index (χ0) is 16.8. The highest BCUT2D eigenvalue weighted by Crippen LogP contribution is 2.32. The van der Waals surface area contributed by atoms with Gasteiger partial charge in [0.25, 0.3) is 5.56 Å². The van der Waals surface area contributed by atoms with E-state index in [0.29, 0.717) is 16.6 Å². The number of halogens is 3. The molecule has 3 rings (SSSR count). The van der Waals surface area contributed by atoms with Gasteiger partial charge in [-0.15, -0.1) is 0 Å². The van der Waals surface area contributed by atoms with E-state index in [2.05, 4.69) is 9.97 Å². The second-order valence-electron chi connectivity index (χ2n) is 5.02. The van der Waals surface area contributed by atoms with Gasteiger partial charge in [-0.1, -0.05) is 12.1 Å². The first-order chi connectivity index (χ1) is 10.8. The second kappa shape index (κ2) is 5.08. The smallest absolute Gasteiger partial charge is 0.383 e. The molecule has 8 heteroatoms. The first kappa shape index (κ1) is 15.0. The molecule has 23 heavy (non-hydrogen) atoms. The van der Waals surface area contributed by atoms with Crippen LogP contribution in [-0.2, 0) is 13.2 Å². The summed E-state index contributed by atoms with van der Waals surface area (Å²) in [7, 11) is 1.53. The average molecular weight is 320 g/mol. The Hall–Kier alpha value is -2.90. The van der Waals surface area contributed by atoms with Crippen molar-refractivity contribution in [2.75, 3.05) is 5.73 Å². The number of pyridine rings is 1. The van der Waals surface area contributed by atoms with E-state index in [1.54, 1.807) is 0 Å². The summed E-state index contributed by atoms with van der Waals surface area (Å²) in [5.74, 6) is 0.0318. The maximum absolute atomic E-state index is 12.6. The Morgan fingerprint density at radius 1 is 1.13 bits per heavy atom. The summed E-state index contributed by atoms with van der Waals surface area (Å²) in [6.45, 7) is 0. The zero-order valence-electron chi connectivity index (χ0n) is 11.9. The number of fused-ring (bicyclic) bond motifs is 1. The van der Waals surface area contributed by atoms with E-state index in [9.17, 15) is 18.0 Å². The summed E-state index contributed by atoms with van der Waals surface area (Å²) in [6.07, 6.45) is -1.68. The highest BCUT2D eigenvalue weighted by atomic mass is 19.4. The van der Waals surface area contributed by atoms with Gasteiger partial charge in [0.1, 0.15) is 11.2 Å².